The molecule has 5 heteroatoms. The minimum absolute atomic E-state index is 0.0485. The number of carbonyl (C=O) groups excluding carboxylic acids is 1. The fraction of sp³-hybridized carbons (Fsp3) is 0.188. The van der Waals surface area contributed by atoms with Gasteiger partial charge in [-0.1, -0.05) is 42.5 Å². The second-order valence-electron chi connectivity index (χ2n) is 4.39. The molecule has 0 saturated carbocycles. The van der Waals surface area contributed by atoms with Gasteiger partial charge in [-0.3, -0.25) is 0 Å². The molecule has 1 unspecified atom stereocenters. The van der Waals surface area contributed by atoms with Crippen LogP contribution in [0.2, 0.25) is 0 Å². The molecule has 2 N–H and O–H groups in total. The van der Waals surface area contributed by atoms with Crippen LogP contribution in [0.1, 0.15) is 17.2 Å². The van der Waals surface area contributed by atoms with Crippen molar-refractivity contribution in [3.63, 3.8) is 0 Å². The molecule has 0 amide bonds. The van der Waals surface area contributed by atoms with Crippen molar-refractivity contribution in [1.82, 2.24) is 0 Å². The van der Waals surface area contributed by atoms with E-state index in [9.17, 15) is 15.0 Å². The van der Waals surface area contributed by atoms with Crippen LogP contribution in [0.5, 0.6) is 11.5 Å². The number of carbonyl (C=O) groups is 1. The molecule has 0 aliphatic heterocycles. The van der Waals surface area contributed by atoms with Crippen molar-refractivity contribution in [2.75, 3.05) is 7.11 Å². The van der Waals surface area contributed by atoms with Crippen molar-refractivity contribution in [3.05, 3.63) is 59.7 Å². The third-order valence-electron chi connectivity index (χ3n) is 2.99. The number of benzene rings is 2. The lowest BCUT2D eigenvalue weighted by molar-refractivity contribution is -0.150. The number of aromatic hydroxyl groups is 1. The van der Waals surface area contributed by atoms with E-state index in [-0.39, 0.29) is 23.7 Å². The van der Waals surface area contributed by atoms with Crippen molar-refractivity contribution in [3.8, 4) is 11.5 Å². The fourth-order valence-electron chi connectivity index (χ4n) is 1.85. The van der Waals surface area contributed by atoms with E-state index < -0.39 is 12.1 Å². The van der Waals surface area contributed by atoms with Gasteiger partial charge in [-0.25, -0.2) is 4.79 Å². The maximum atomic E-state index is 11.3. The van der Waals surface area contributed by atoms with Gasteiger partial charge in [-0.05, 0) is 11.6 Å². The van der Waals surface area contributed by atoms with Crippen molar-refractivity contribution >= 4 is 5.97 Å². The van der Waals surface area contributed by atoms with E-state index in [2.05, 4.69) is 4.74 Å². The molecule has 110 valence electrons. The highest BCUT2D eigenvalue weighted by atomic mass is 16.5. The number of hydrogen-bond acceptors (Lipinski definition) is 5. The van der Waals surface area contributed by atoms with Crippen LogP contribution in [-0.4, -0.2) is 23.3 Å². The summed E-state index contributed by atoms with van der Waals surface area (Å²) < 4.78 is 9.96. The first-order valence-electron chi connectivity index (χ1n) is 6.38. The molecule has 5 nitrogen and oxygen atoms in total. The standard InChI is InChI=1S/C16H16O5/c1-20-16(19)15(18)12-8-5-9-13(14(12)17)21-10-11-6-3-2-4-7-11/h2-9,15,17-18H,10H2,1H3. The van der Waals surface area contributed by atoms with Gasteiger partial charge in [0.1, 0.15) is 6.61 Å². The van der Waals surface area contributed by atoms with Crippen LogP contribution in [0.4, 0.5) is 0 Å². The largest absolute Gasteiger partial charge is 0.504 e. The molecule has 0 aromatic heterocycles. The molecular formula is C16H16O5. The van der Waals surface area contributed by atoms with E-state index in [0.29, 0.717) is 0 Å². The summed E-state index contributed by atoms with van der Waals surface area (Å²) in [6, 6.07) is 14.0. The van der Waals surface area contributed by atoms with E-state index >= 15 is 0 Å². The Hall–Kier alpha value is -2.53. The summed E-state index contributed by atoms with van der Waals surface area (Å²) in [7, 11) is 1.17. The van der Waals surface area contributed by atoms with E-state index in [0.717, 1.165) is 5.56 Å². The van der Waals surface area contributed by atoms with E-state index in [1.54, 1.807) is 12.1 Å². The molecule has 0 spiro atoms. The summed E-state index contributed by atoms with van der Waals surface area (Å²) in [6.45, 7) is 0.270. The molecule has 0 fully saturated rings. The average Bonchev–Trinajstić information content (AvgIpc) is 2.53. The molecule has 2 aromatic carbocycles. The number of para-hydroxylation sites is 1. The summed E-state index contributed by atoms with van der Waals surface area (Å²) in [5.74, 6) is -0.920. The number of phenolic OH excluding ortho intramolecular Hbond substituents is 1. The van der Waals surface area contributed by atoms with Gasteiger partial charge in [0.25, 0.3) is 0 Å². The predicted octanol–water partition coefficient (Wildman–Crippen LogP) is 2.18. The second kappa shape index (κ2) is 6.76. The van der Waals surface area contributed by atoms with Crippen LogP contribution in [0.25, 0.3) is 0 Å². The highest BCUT2D eigenvalue weighted by molar-refractivity contribution is 5.77. The van der Waals surface area contributed by atoms with Gasteiger partial charge < -0.3 is 19.7 Å². The zero-order chi connectivity index (χ0) is 15.2. The Morgan fingerprint density at radius 2 is 1.86 bits per heavy atom. The summed E-state index contributed by atoms with van der Waals surface area (Å²) in [5.41, 5.74) is 0.989. The van der Waals surface area contributed by atoms with Crippen LogP contribution in [0.15, 0.2) is 48.5 Å². The molecule has 0 aliphatic carbocycles. The van der Waals surface area contributed by atoms with Crippen LogP contribution < -0.4 is 4.74 Å². The lowest BCUT2D eigenvalue weighted by Crippen LogP contribution is -2.13. The van der Waals surface area contributed by atoms with Gasteiger partial charge in [0.05, 0.1) is 7.11 Å². The number of esters is 1. The summed E-state index contributed by atoms with van der Waals surface area (Å²) in [6.07, 6.45) is -1.55. The number of aliphatic hydroxyl groups is 1. The predicted molar refractivity (Wildman–Crippen MR) is 75.9 cm³/mol. The van der Waals surface area contributed by atoms with Gasteiger partial charge in [0.2, 0.25) is 0 Å². The molecule has 0 radical (unpaired) electrons. The van der Waals surface area contributed by atoms with Crippen LogP contribution in [0, 0.1) is 0 Å². The van der Waals surface area contributed by atoms with Crippen molar-refractivity contribution < 1.29 is 24.5 Å². The van der Waals surface area contributed by atoms with Gasteiger partial charge in [0.15, 0.2) is 17.6 Å². The Labute approximate surface area is 122 Å². The molecular weight excluding hydrogens is 272 g/mol. The zero-order valence-electron chi connectivity index (χ0n) is 11.5. The smallest absolute Gasteiger partial charge is 0.339 e. The van der Waals surface area contributed by atoms with Crippen LogP contribution in [0.3, 0.4) is 0 Å². The number of methoxy groups -OCH3 is 1. The number of aliphatic hydroxyl groups excluding tert-OH is 1. The summed E-state index contributed by atoms with van der Waals surface area (Å²) >= 11 is 0. The Morgan fingerprint density at radius 1 is 1.14 bits per heavy atom. The Kier molecular flexibility index (Phi) is 4.79. The first-order chi connectivity index (χ1) is 10.1. The minimum Gasteiger partial charge on any atom is -0.504 e. The van der Waals surface area contributed by atoms with Gasteiger partial charge in [-0.15, -0.1) is 0 Å². The third-order valence-corrected chi connectivity index (χ3v) is 2.99. The highest BCUT2D eigenvalue weighted by Gasteiger charge is 2.23. The monoisotopic (exact) mass is 288 g/mol. The molecule has 0 aliphatic rings. The van der Waals surface area contributed by atoms with E-state index in [1.165, 1.54) is 13.2 Å². The first kappa shape index (κ1) is 14.9. The lowest BCUT2D eigenvalue weighted by Gasteiger charge is -2.14. The average molecular weight is 288 g/mol. The molecule has 0 heterocycles. The Bertz CT molecular complexity index is 609. The van der Waals surface area contributed by atoms with Crippen LogP contribution >= 0.6 is 0 Å². The molecule has 2 rings (SSSR count). The lowest BCUT2D eigenvalue weighted by atomic mass is 10.1. The maximum absolute atomic E-state index is 11.3. The second-order valence-corrected chi connectivity index (χ2v) is 4.39. The Morgan fingerprint density at radius 3 is 2.52 bits per heavy atom. The van der Waals surface area contributed by atoms with Crippen LogP contribution in [-0.2, 0) is 16.1 Å². The minimum atomic E-state index is -1.55. The molecule has 0 bridgehead atoms. The third kappa shape index (κ3) is 3.52. The summed E-state index contributed by atoms with van der Waals surface area (Å²) in [5, 5.41) is 19.9. The van der Waals surface area contributed by atoms with E-state index in [1.807, 2.05) is 30.3 Å². The first-order valence-corrected chi connectivity index (χ1v) is 6.38. The van der Waals surface area contributed by atoms with Crippen molar-refractivity contribution in [1.29, 1.82) is 0 Å². The number of rotatable bonds is 5. The van der Waals surface area contributed by atoms with Crippen molar-refractivity contribution in [2.24, 2.45) is 0 Å². The number of phenols is 1. The topological polar surface area (TPSA) is 76.0 Å². The summed E-state index contributed by atoms with van der Waals surface area (Å²) in [4.78, 5) is 11.3. The van der Waals surface area contributed by atoms with Gasteiger partial charge >= 0.3 is 5.97 Å². The molecule has 1 atom stereocenters. The highest BCUT2D eigenvalue weighted by Crippen LogP contribution is 2.34. The van der Waals surface area contributed by atoms with Crippen molar-refractivity contribution in [2.45, 2.75) is 12.7 Å². The van der Waals surface area contributed by atoms with Gasteiger partial charge in [-0.2, -0.15) is 0 Å². The molecule has 2 aromatic rings. The van der Waals surface area contributed by atoms with E-state index in [4.69, 9.17) is 4.74 Å². The maximum Gasteiger partial charge on any atom is 0.339 e. The number of hydrogen-bond donors (Lipinski definition) is 2. The fourth-order valence-corrected chi connectivity index (χ4v) is 1.85. The SMILES string of the molecule is COC(=O)C(O)c1cccc(OCc2ccccc2)c1O. The van der Waals surface area contributed by atoms with Gasteiger partial charge in [0, 0.05) is 5.56 Å². The molecule has 21 heavy (non-hydrogen) atoms. The Balaban J connectivity index is 2.16. The quantitative estimate of drug-likeness (QED) is 0.825. The zero-order valence-corrected chi connectivity index (χ0v) is 11.5. The normalized spacial score (nSPS) is 11.7. The number of ether oxygens (including phenoxy) is 2. The molecule has 0 saturated heterocycles.